The standard InChI is InChI=1S/C11H12N3O/c1-3-14-7(2)13-10-8(11(12)15)5-4-6-9(10)14/h4,6H,3H2,1-2H3,(H2,12,15). The average Bonchev–Trinajstić information content (AvgIpc) is 2.52. The van der Waals surface area contributed by atoms with Gasteiger partial charge in [0.25, 0.3) is 5.91 Å². The van der Waals surface area contributed by atoms with Gasteiger partial charge in [0, 0.05) is 6.54 Å². The molecule has 1 aromatic carbocycles. The Morgan fingerprint density at radius 1 is 1.67 bits per heavy atom. The highest BCUT2D eigenvalue weighted by Gasteiger charge is 2.12. The van der Waals surface area contributed by atoms with Crippen LogP contribution in [0.2, 0.25) is 0 Å². The summed E-state index contributed by atoms with van der Waals surface area (Å²) in [6.07, 6.45) is 0. The first-order valence-corrected chi connectivity index (χ1v) is 4.82. The number of benzene rings is 1. The predicted octanol–water partition coefficient (Wildman–Crippen LogP) is 1.26. The molecule has 4 nitrogen and oxygen atoms in total. The number of nitrogens with two attached hydrogens (primary N) is 1. The van der Waals surface area contributed by atoms with E-state index in [0.717, 1.165) is 17.9 Å². The van der Waals surface area contributed by atoms with Gasteiger partial charge < -0.3 is 10.3 Å². The van der Waals surface area contributed by atoms with Gasteiger partial charge in [-0.2, -0.15) is 0 Å². The third kappa shape index (κ3) is 1.38. The molecular formula is C11H12N3O. The molecule has 2 aromatic rings. The van der Waals surface area contributed by atoms with Crippen LogP contribution < -0.4 is 5.73 Å². The van der Waals surface area contributed by atoms with Crippen molar-refractivity contribution in [3.63, 3.8) is 0 Å². The second kappa shape index (κ2) is 3.38. The number of hydrogen-bond donors (Lipinski definition) is 1. The zero-order valence-corrected chi connectivity index (χ0v) is 8.74. The largest absolute Gasteiger partial charge is 0.366 e. The van der Waals surface area contributed by atoms with Gasteiger partial charge in [-0.1, -0.05) is 6.07 Å². The number of carbonyl (C=O) groups is 1. The van der Waals surface area contributed by atoms with Crippen LogP contribution in [0.4, 0.5) is 0 Å². The van der Waals surface area contributed by atoms with Gasteiger partial charge in [-0.25, -0.2) is 4.98 Å². The lowest BCUT2D eigenvalue weighted by Crippen LogP contribution is -2.11. The lowest BCUT2D eigenvalue weighted by molar-refractivity contribution is 0.100. The summed E-state index contributed by atoms with van der Waals surface area (Å²) in [7, 11) is 0. The summed E-state index contributed by atoms with van der Waals surface area (Å²) >= 11 is 0. The first kappa shape index (κ1) is 9.71. The minimum absolute atomic E-state index is 0.364. The summed E-state index contributed by atoms with van der Waals surface area (Å²) in [4.78, 5) is 15.5. The highest BCUT2D eigenvalue weighted by Crippen LogP contribution is 2.19. The monoisotopic (exact) mass is 202 g/mol. The maximum absolute atomic E-state index is 11.2. The first-order chi connectivity index (χ1) is 7.15. The van der Waals surface area contributed by atoms with Crippen LogP contribution in [-0.2, 0) is 6.54 Å². The lowest BCUT2D eigenvalue weighted by atomic mass is 10.2. The summed E-state index contributed by atoms with van der Waals surface area (Å²) in [6.45, 7) is 4.77. The molecule has 4 heteroatoms. The Balaban J connectivity index is 2.83. The van der Waals surface area contributed by atoms with E-state index in [1.807, 2.05) is 24.5 Å². The topological polar surface area (TPSA) is 60.9 Å². The molecule has 2 N–H and O–H groups in total. The smallest absolute Gasteiger partial charge is 0.251 e. The first-order valence-electron chi connectivity index (χ1n) is 4.82. The van der Waals surface area contributed by atoms with Crippen molar-refractivity contribution >= 4 is 16.9 Å². The van der Waals surface area contributed by atoms with Gasteiger partial charge in [-0.3, -0.25) is 4.79 Å². The van der Waals surface area contributed by atoms with Crippen LogP contribution >= 0.6 is 0 Å². The molecule has 0 unspecified atom stereocenters. The van der Waals surface area contributed by atoms with Crippen LogP contribution in [0.1, 0.15) is 23.1 Å². The van der Waals surface area contributed by atoms with Gasteiger partial charge in [-0.05, 0) is 26.0 Å². The quantitative estimate of drug-likeness (QED) is 0.797. The molecule has 1 heterocycles. The number of carbonyl (C=O) groups excluding carboxylic acids is 1. The molecule has 0 aliphatic rings. The van der Waals surface area contributed by atoms with E-state index in [4.69, 9.17) is 5.73 Å². The number of fused-ring (bicyclic) bond motifs is 1. The fourth-order valence-corrected chi connectivity index (χ4v) is 1.79. The fourth-order valence-electron chi connectivity index (χ4n) is 1.79. The van der Waals surface area contributed by atoms with Gasteiger partial charge in [0.05, 0.1) is 11.1 Å². The van der Waals surface area contributed by atoms with Crippen LogP contribution in [0.15, 0.2) is 12.1 Å². The van der Waals surface area contributed by atoms with Crippen molar-refractivity contribution in [2.45, 2.75) is 20.4 Å². The van der Waals surface area contributed by atoms with Crippen molar-refractivity contribution in [3.05, 3.63) is 29.6 Å². The molecule has 77 valence electrons. The summed E-state index contributed by atoms with van der Waals surface area (Å²) in [6, 6.07) is 6.42. The number of hydrogen-bond acceptors (Lipinski definition) is 2. The number of aromatic nitrogens is 2. The molecule has 1 aromatic heterocycles. The molecule has 1 amide bonds. The Morgan fingerprint density at radius 2 is 2.40 bits per heavy atom. The SMILES string of the molecule is CCn1c(C)nc2c(C(N)=O)[c]ccc21. The maximum Gasteiger partial charge on any atom is 0.251 e. The molecular weight excluding hydrogens is 190 g/mol. The van der Waals surface area contributed by atoms with Crippen LogP contribution in [0.3, 0.4) is 0 Å². The van der Waals surface area contributed by atoms with Gasteiger partial charge >= 0.3 is 0 Å². The third-order valence-corrected chi connectivity index (χ3v) is 2.47. The average molecular weight is 202 g/mol. The molecule has 1 radical (unpaired) electrons. The second-order valence-corrected chi connectivity index (χ2v) is 3.35. The van der Waals surface area contributed by atoms with E-state index in [1.165, 1.54) is 0 Å². The third-order valence-electron chi connectivity index (χ3n) is 2.47. The van der Waals surface area contributed by atoms with Crippen molar-refractivity contribution in [3.8, 4) is 0 Å². The number of imidazole rings is 1. The summed E-state index contributed by atoms with van der Waals surface area (Å²) in [5.74, 6) is 0.399. The number of amides is 1. The van der Waals surface area contributed by atoms with E-state index in [1.54, 1.807) is 6.07 Å². The van der Waals surface area contributed by atoms with Gasteiger partial charge in [-0.15, -0.1) is 0 Å². The van der Waals surface area contributed by atoms with E-state index in [2.05, 4.69) is 11.1 Å². The van der Waals surface area contributed by atoms with Crippen LogP contribution in [-0.4, -0.2) is 15.5 Å². The molecule has 0 bridgehead atoms. The molecule has 0 fully saturated rings. The Bertz CT molecular complexity index is 528. The zero-order chi connectivity index (χ0) is 11.0. The molecule has 0 spiro atoms. The Kier molecular flexibility index (Phi) is 2.19. The van der Waals surface area contributed by atoms with Crippen LogP contribution in [0.5, 0.6) is 0 Å². The highest BCUT2D eigenvalue weighted by atomic mass is 16.1. The number of primary amides is 1. The van der Waals surface area contributed by atoms with E-state index >= 15 is 0 Å². The summed E-state index contributed by atoms with van der Waals surface area (Å²) < 4.78 is 2.04. The van der Waals surface area contributed by atoms with E-state index in [-0.39, 0.29) is 0 Å². The van der Waals surface area contributed by atoms with Crippen molar-refractivity contribution < 1.29 is 4.79 Å². The predicted molar refractivity (Wildman–Crippen MR) is 57.5 cm³/mol. The van der Waals surface area contributed by atoms with E-state index in [0.29, 0.717) is 11.1 Å². The number of nitrogens with zero attached hydrogens (tertiary/aromatic N) is 2. The minimum Gasteiger partial charge on any atom is -0.366 e. The zero-order valence-electron chi connectivity index (χ0n) is 8.74. The Hall–Kier alpha value is -1.84. The lowest BCUT2D eigenvalue weighted by Gasteiger charge is -2.01. The van der Waals surface area contributed by atoms with Crippen LogP contribution in [0.25, 0.3) is 11.0 Å². The molecule has 0 aliphatic heterocycles. The van der Waals surface area contributed by atoms with Crippen molar-refractivity contribution in [1.82, 2.24) is 9.55 Å². The minimum atomic E-state index is -0.485. The highest BCUT2D eigenvalue weighted by molar-refractivity contribution is 6.03. The molecule has 0 atom stereocenters. The molecule has 0 aliphatic carbocycles. The summed E-state index contributed by atoms with van der Waals surface area (Å²) in [5.41, 5.74) is 7.20. The van der Waals surface area contributed by atoms with Gasteiger partial charge in [0.15, 0.2) is 0 Å². The van der Waals surface area contributed by atoms with Gasteiger partial charge in [0.2, 0.25) is 0 Å². The molecule has 2 rings (SSSR count). The fraction of sp³-hybridized carbons (Fsp3) is 0.273. The summed E-state index contributed by atoms with van der Waals surface area (Å²) in [5, 5.41) is 0. The van der Waals surface area contributed by atoms with E-state index in [9.17, 15) is 4.79 Å². The van der Waals surface area contributed by atoms with Crippen LogP contribution in [0, 0.1) is 13.0 Å². The molecule has 0 saturated heterocycles. The van der Waals surface area contributed by atoms with Crippen molar-refractivity contribution in [2.24, 2.45) is 5.73 Å². The number of aryl methyl sites for hydroxylation is 2. The van der Waals surface area contributed by atoms with Gasteiger partial charge in [0.1, 0.15) is 11.3 Å². The second-order valence-electron chi connectivity index (χ2n) is 3.35. The normalized spacial score (nSPS) is 10.8. The number of rotatable bonds is 2. The molecule has 15 heavy (non-hydrogen) atoms. The van der Waals surface area contributed by atoms with E-state index < -0.39 is 5.91 Å². The maximum atomic E-state index is 11.2. The Morgan fingerprint density at radius 3 is 3.00 bits per heavy atom. The van der Waals surface area contributed by atoms with Crippen molar-refractivity contribution in [2.75, 3.05) is 0 Å². The Labute approximate surface area is 87.7 Å². The van der Waals surface area contributed by atoms with Crippen molar-refractivity contribution in [1.29, 1.82) is 0 Å². The molecule has 0 saturated carbocycles.